The van der Waals surface area contributed by atoms with E-state index in [4.69, 9.17) is 4.74 Å². The van der Waals surface area contributed by atoms with E-state index in [1.54, 1.807) is 16.7 Å². The van der Waals surface area contributed by atoms with Crippen LogP contribution in [0.3, 0.4) is 0 Å². The first kappa shape index (κ1) is 18.8. The SMILES string of the molecule is CCOC(=O)N1CCC(NC(=O)C2(C(=O)N3CCc4ccccc43)CC2)CC1. The van der Waals surface area contributed by atoms with Crippen LogP contribution in [0.4, 0.5) is 10.5 Å². The molecule has 3 aliphatic rings. The lowest BCUT2D eigenvalue weighted by atomic mass is 10.00. The Bertz CT molecular complexity index is 782. The minimum absolute atomic E-state index is 0.00526. The van der Waals surface area contributed by atoms with Crippen molar-refractivity contribution in [2.45, 2.75) is 45.1 Å². The molecule has 4 rings (SSSR count). The van der Waals surface area contributed by atoms with Gasteiger partial charge in [-0.15, -0.1) is 0 Å². The van der Waals surface area contributed by atoms with Gasteiger partial charge in [0, 0.05) is 31.4 Å². The van der Waals surface area contributed by atoms with Crippen LogP contribution in [0, 0.1) is 5.41 Å². The fourth-order valence-corrected chi connectivity index (χ4v) is 4.22. The standard InChI is InChI=1S/C21H27N3O4/c1-2-28-20(27)23-12-8-16(9-13-23)22-18(25)21(10-11-21)19(26)24-14-7-15-5-3-4-6-17(15)24/h3-6,16H,2,7-14H2,1H3,(H,22,25). The maximum atomic E-state index is 13.2. The normalized spacial score (nSPS) is 20.5. The first-order valence-corrected chi connectivity index (χ1v) is 10.2. The van der Waals surface area contributed by atoms with Gasteiger partial charge in [0.25, 0.3) is 0 Å². The minimum Gasteiger partial charge on any atom is -0.450 e. The van der Waals surface area contributed by atoms with Gasteiger partial charge in [0.1, 0.15) is 5.41 Å². The zero-order valence-electron chi connectivity index (χ0n) is 16.3. The Balaban J connectivity index is 1.35. The number of ether oxygens (including phenoxy) is 1. The highest BCUT2D eigenvalue weighted by molar-refractivity contribution is 6.14. The number of nitrogens with zero attached hydrogens (tertiary/aromatic N) is 2. The second kappa shape index (κ2) is 7.45. The molecular formula is C21H27N3O4. The van der Waals surface area contributed by atoms with E-state index in [1.807, 2.05) is 24.3 Å². The van der Waals surface area contributed by atoms with Gasteiger partial charge >= 0.3 is 6.09 Å². The van der Waals surface area contributed by atoms with E-state index < -0.39 is 5.41 Å². The molecule has 2 aliphatic heterocycles. The lowest BCUT2D eigenvalue weighted by molar-refractivity contribution is -0.136. The van der Waals surface area contributed by atoms with Crippen molar-refractivity contribution < 1.29 is 19.1 Å². The Hall–Kier alpha value is -2.57. The molecule has 0 atom stereocenters. The first-order valence-electron chi connectivity index (χ1n) is 10.2. The summed E-state index contributed by atoms with van der Waals surface area (Å²) in [7, 11) is 0. The van der Waals surface area contributed by atoms with Gasteiger partial charge in [-0.05, 0) is 50.7 Å². The number of amides is 3. The zero-order chi connectivity index (χ0) is 19.7. The molecule has 0 unspecified atom stereocenters. The Morgan fingerprint density at radius 1 is 1.14 bits per heavy atom. The van der Waals surface area contributed by atoms with Crippen LogP contribution in [0.5, 0.6) is 0 Å². The van der Waals surface area contributed by atoms with Gasteiger partial charge in [0.05, 0.1) is 6.61 Å². The fourth-order valence-electron chi connectivity index (χ4n) is 4.22. The third-order valence-corrected chi connectivity index (χ3v) is 6.08. The summed E-state index contributed by atoms with van der Waals surface area (Å²) in [6.07, 6.45) is 3.12. The molecule has 0 bridgehead atoms. The lowest BCUT2D eigenvalue weighted by Crippen LogP contribution is -2.51. The molecule has 0 radical (unpaired) electrons. The predicted molar refractivity (Wildman–Crippen MR) is 104 cm³/mol. The second-order valence-electron chi connectivity index (χ2n) is 7.85. The Morgan fingerprint density at radius 2 is 1.86 bits per heavy atom. The molecule has 1 saturated heterocycles. The van der Waals surface area contributed by atoms with Crippen LogP contribution < -0.4 is 10.2 Å². The summed E-state index contributed by atoms with van der Waals surface area (Å²) in [4.78, 5) is 41.4. The zero-order valence-corrected chi connectivity index (χ0v) is 16.3. The number of anilines is 1. The minimum atomic E-state index is -0.907. The number of carbonyl (C=O) groups excluding carboxylic acids is 3. The van der Waals surface area contributed by atoms with Crippen LogP contribution in [0.25, 0.3) is 0 Å². The molecule has 1 aromatic carbocycles. The number of likely N-dealkylation sites (tertiary alicyclic amines) is 1. The Kier molecular flexibility index (Phi) is 5.00. The van der Waals surface area contributed by atoms with Crippen molar-refractivity contribution in [3.05, 3.63) is 29.8 Å². The van der Waals surface area contributed by atoms with E-state index in [-0.39, 0.29) is 23.9 Å². The van der Waals surface area contributed by atoms with Crippen LogP contribution in [0.1, 0.15) is 38.2 Å². The summed E-state index contributed by atoms with van der Waals surface area (Å²) in [6, 6.07) is 7.91. The first-order chi connectivity index (χ1) is 13.5. The summed E-state index contributed by atoms with van der Waals surface area (Å²) in [5, 5.41) is 3.08. The summed E-state index contributed by atoms with van der Waals surface area (Å²) >= 11 is 0. The van der Waals surface area contributed by atoms with E-state index in [0.717, 1.165) is 12.1 Å². The Morgan fingerprint density at radius 3 is 2.54 bits per heavy atom. The number of fused-ring (bicyclic) bond motifs is 1. The highest BCUT2D eigenvalue weighted by Crippen LogP contribution is 2.49. The molecule has 3 amide bonds. The topological polar surface area (TPSA) is 79.0 Å². The molecule has 28 heavy (non-hydrogen) atoms. The van der Waals surface area contributed by atoms with Gasteiger partial charge in [-0.3, -0.25) is 9.59 Å². The molecule has 2 heterocycles. The van der Waals surface area contributed by atoms with E-state index in [0.29, 0.717) is 51.9 Å². The van der Waals surface area contributed by atoms with Crippen molar-refractivity contribution in [1.29, 1.82) is 0 Å². The van der Waals surface area contributed by atoms with Gasteiger partial charge < -0.3 is 19.9 Å². The molecule has 1 N–H and O–H groups in total. The second-order valence-corrected chi connectivity index (χ2v) is 7.85. The van der Waals surface area contributed by atoms with E-state index in [2.05, 4.69) is 5.32 Å². The maximum absolute atomic E-state index is 13.2. The van der Waals surface area contributed by atoms with Crippen LogP contribution in [0.2, 0.25) is 0 Å². The summed E-state index contributed by atoms with van der Waals surface area (Å²) in [6.45, 7) is 3.91. The van der Waals surface area contributed by atoms with Crippen molar-refractivity contribution in [2.75, 3.05) is 31.1 Å². The number of piperidine rings is 1. The molecule has 2 fully saturated rings. The molecule has 1 saturated carbocycles. The average molecular weight is 385 g/mol. The summed E-state index contributed by atoms with van der Waals surface area (Å²) in [5.74, 6) is -0.227. The number of benzene rings is 1. The third kappa shape index (κ3) is 3.34. The smallest absolute Gasteiger partial charge is 0.409 e. The number of hydrogen-bond donors (Lipinski definition) is 1. The van der Waals surface area contributed by atoms with E-state index >= 15 is 0 Å². The molecule has 7 nitrogen and oxygen atoms in total. The van der Waals surface area contributed by atoms with E-state index in [1.165, 1.54) is 5.56 Å². The van der Waals surface area contributed by atoms with Crippen molar-refractivity contribution in [3.8, 4) is 0 Å². The van der Waals surface area contributed by atoms with Gasteiger partial charge in [0.15, 0.2) is 0 Å². The number of rotatable bonds is 4. The van der Waals surface area contributed by atoms with Crippen molar-refractivity contribution in [3.63, 3.8) is 0 Å². The lowest BCUT2D eigenvalue weighted by Gasteiger charge is -2.32. The fraction of sp³-hybridized carbons (Fsp3) is 0.571. The maximum Gasteiger partial charge on any atom is 0.409 e. The van der Waals surface area contributed by atoms with Crippen LogP contribution in [-0.2, 0) is 20.7 Å². The molecule has 1 aliphatic carbocycles. The summed E-state index contributed by atoms with van der Waals surface area (Å²) < 4.78 is 5.03. The van der Waals surface area contributed by atoms with Gasteiger partial charge in [-0.25, -0.2) is 4.79 Å². The van der Waals surface area contributed by atoms with Gasteiger partial charge in [0.2, 0.25) is 11.8 Å². The molecule has 1 aromatic rings. The molecule has 150 valence electrons. The van der Waals surface area contributed by atoms with Crippen LogP contribution >= 0.6 is 0 Å². The highest BCUT2D eigenvalue weighted by Gasteiger charge is 2.59. The summed E-state index contributed by atoms with van der Waals surface area (Å²) in [5.41, 5.74) is 1.20. The number of nitrogens with one attached hydrogen (secondary N) is 1. The van der Waals surface area contributed by atoms with Gasteiger partial charge in [-0.2, -0.15) is 0 Å². The monoisotopic (exact) mass is 385 g/mol. The van der Waals surface area contributed by atoms with Crippen LogP contribution in [0.15, 0.2) is 24.3 Å². The van der Waals surface area contributed by atoms with Crippen LogP contribution in [-0.4, -0.2) is 55.1 Å². The third-order valence-electron chi connectivity index (χ3n) is 6.08. The molecule has 0 aromatic heterocycles. The predicted octanol–water partition coefficient (Wildman–Crippen LogP) is 2.09. The number of para-hydroxylation sites is 1. The highest BCUT2D eigenvalue weighted by atomic mass is 16.6. The van der Waals surface area contributed by atoms with E-state index in [9.17, 15) is 14.4 Å². The Labute approximate surface area is 165 Å². The molecule has 0 spiro atoms. The van der Waals surface area contributed by atoms with Crippen molar-refractivity contribution in [1.82, 2.24) is 10.2 Å². The number of carbonyl (C=O) groups is 3. The number of hydrogen-bond acceptors (Lipinski definition) is 4. The average Bonchev–Trinajstić information content (AvgIpc) is 3.42. The van der Waals surface area contributed by atoms with Crippen molar-refractivity contribution in [2.24, 2.45) is 5.41 Å². The van der Waals surface area contributed by atoms with Gasteiger partial charge in [-0.1, -0.05) is 18.2 Å². The largest absolute Gasteiger partial charge is 0.450 e. The quantitative estimate of drug-likeness (QED) is 0.805. The van der Waals surface area contributed by atoms with Crippen molar-refractivity contribution >= 4 is 23.6 Å². The molecular weight excluding hydrogens is 358 g/mol. The molecule has 7 heteroatoms.